The summed E-state index contributed by atoms with van der Waals surface area (Å²) in [5, 5.41) is 3.72. The number of nitrogens with one attached hydrogen (secondary N) is 1. The third-order valence-electron chi connectivity index (χ3n) is 3.86. The Labute approximate surface area is 125 Å². The van der Waals surface area contributed by atoms with Crippen LogP contribution in [0, 0.1) is 12.8 Å². The van der Waals surface area contributed by atoms with Gasteiger partial charge in [0.05, 0.1) is 6.61 Å². The maximum Gasteiger partial charge on any atom is 0.0512 e. The zero-order valence-electron chi connectivity index (χ0n) is 11.9. The highest BCUT2D eigenvalue weighted by Crippen LogP contribution is 2.32. The topological polar surface area (TPSA) is 21.3 Å². The van der Waals surface area contributed by atoms with Crippen LogP contribution in [0.1, 0.15) is 43.4 Å². The Bertz CT molecular complexity index is 402. The van der Waals surface area contributed by atoms with Crippen LogP contribution in [0.5, 0.6) is 0 Å². The van der Waals surface area contributed by atoms with Crippen molar-refractivity contribution in [3.05, 3.63) is 33.8 Å². The van der Waals surface area contributed by atoms with Crippen molar-refractivity contribution in [2.45, 2.75) is 39.2 Å². The maximum atomic E-state index is 5.68. The van der Waals surface area contributed by atoms with Crippen LogP contribution < -0.4 is 5.32 Å². The first kappa shape index (κ1) is 15.0. The quantitative estimate of drug-likeness (QED) is 0.874. The van der Waals surface area contributed by atoms with Crippen molar-refractivity contribution in [2.75, 3.05) is 19.8 Å². The lowest BCUT2D eigenvalue weighted by Crippen LogP contribution is -2.34. The Morgan fingerprint density at radius 1 is 1.47 bits per heavy atom. The van der Waals surface area contributed by atoms with Crippen molar-refractivity contribution in [2.24, 2.45) is 5.92 Å². The number of aryl methyl sites for hydroxylation is 1. The van der Waals surface area contributed by atoms with Gasteiger partial charge in [-0.05, 0) is 56.0 Å². The van der Waals surface area contributed by atoms with Gasteiger partial charge in [-0.3, -0.25) is 0 Å². The second kappa shape index (κ2) is 7.41. The van der Waals surface area contributed by atoms with Gasteiger partial charge in [0.15, 0.2) is 0 Å². The molecule has 2 rings (SSSR count). The van der Waals surface area contributed by atoms with E-state index in [-0.39, 0.29) is 0 Å². The lowest BCUT2D eigenvalue weighted by atomic mass is 9.86. The van der Waals surface area contributed by atoms with Crippen LogP contribution in [0.25, 0.3) is 0 Å². The molecule has 1 aromatic rings. The van der Waals surface area contributed by atoms with Crippen LogP contribution in [-0.2, 0) is 4.74 Å². The summed E-state index contributed by atoms with van der Waals surface area (Å²) in [6.07, 6.45) is 3.60. The summed E-state index contributed by atoms with van der Waals surface area (Å²) in [4.78, 5) is 0. The van der Waals surface area contributed by atoms with E-state index in [1.807, 2.05) is 0 Å². The lowest BCUT2D eigenvalue weighted by Gasteiger charge is -2.32. The molecule has 0 bridgehead atoms. The van der Waals surface area contributed by atoms with Crippen molar-refractivity contribution < 1.29 is 4.74 Å². The molecule has 1 N–H and O–H groups in total. The van der Waals surface area contributed by atoms with E-state index in [1.165, 1.54) is 24.0 Å². The number of benzene rings is 1. The zero-order chi connectivity index (χ0) is 13.7. The largest absolute Gasteiger partial charge is 0.381 e. The number of hydrogen-bond acceptors (Lipinski definition) is 2. The van der Waals surface area contributed by atoms with Gasteiger partial charge >= 0.3 is 0 Å². The molecule has 1 saturated heterocycles. The molecule has 2 nitrogen and oxygen atoms in total. The fourth-order valence-electron chi connectivity index (χ4n) is 2.81. The van der Waals surface area contributed by atoms with Gasteiger partial charge in [-0.2, -0.15) is 0 Å². The van der Waals surface area contributed by atoms with Crippen LogP contribution >= 0.6 is 15.9 Å². The van der Waals surface area contributed by atoms with Gasteiger partial charge in [0, 0.05) is 23.0 Å². The first-order valence-electron chi connectivity index (χ1n) is 7.29. The second-order valence-electron chi connectivity index (χ2n) is 5.41. The van der Waals surface area contributed by atoms with E-state index in [9.17, 15) is 0 Å². The monoisotopic (exact) mass is 325 g/mol. The van der Waals surface area contributed by atoms with Gasteiger partial charge in [-0.15, -0.1) is 0 Å². The van der Waals surface area contributed by atoms with Gasteiger partial charge in [-0.1, -0.05) is 28.9 Å². The first-order chi connectivity index (χ1) is 9.22. The predicted octanol–water partition coefficient (Wildman–Crippen LogP) is 4.22. The molecule has 3 heteroatoms. The Kier molecular flexibility index (Phi) is 5.86. The molecule has 0 aromatic heterocycles. The van der Waals surface area contributed by atoms with Gasteiger partial charge < -0.3 is 10.1 Å². The Morgan fingerprint density at radius 3 is 3.00 bits per heavy atom. The average Bonchev–Trinajstić information content (AvgIpc) is 2.44. The number of hydrogen-bond donors (Lipinski definition) is 1. The maximum absolute atomic E-state index is 5.68. The molecule has 1 aliphatic heterocycles. The summed E-state index contributed by atoms with van der Waals surface area (Å²) in [5.41, 5.74) is 2.78. The molecule has 1 heterocycles. The average molecular weight is 326 g/mol. The molecule has 0 spiro atoms. The molecule has 1 aromatic carbocycles. The van der Waals surface area contributed by atoms with E-state index in [2.05, 4.69) is 53.3 Å². The number of rotatable bonds is 5. The van der Waals surface area contributed by atoms with E-state index in [0.717, 1.165) is 30.7 Å². The highest BCUT2D eigenvalue weighted by molar-refractivity contribution is 9.10. The lowest BCUT2D eigenvalue weighted by molar-refractivity contribution is 0.0389. The molecular weight excluding hydrogens is 302 g/mol. The van der Waals surface area contributed by atoms with Crippen LogP contribution in [0.4, 0.5) is 0 Å². The molecule has 0 radical (unpaired) electrons. The molecule has 1 aliphatic rings. The third-order valence-corrected chi connectivity index (χ3v) is 4.35. The summed E-state index contributed by atoms with van der Waals surface area (Å²) in [6.45, 7) is 7.29. The molecule has 1 fully saturated rings. The van der Waals surface area contributed by atoms with E-state index >= 15 is 0 Å². The normalized spacial score (nSPS) is 21.3. The highest BCUT2D eigenvalue weighted by Gasteiger charge is 2.26. The smallest absolute Gasteiger partial charge is 0.0512 e. The van der Waals surface area contributed by atoms with Crippen LogP contribution in [0.3, 0.4) is 0 Å². The molecule has 19 heavy (non-hydrogen) atoms. The zero-order valence-corrected chi connectivity index (χ0v) is 13.5. The van der Waals surface area contributed by atoms with Crippen LogP contribution in [-0.4, -0.2) is 19.8 Å². The molecule has 0 aliphatic carbocycles. The minimum atomic E-state index is 0.415. The van der Waals surface area contributed by atoms with Crippen molar-refractivity contribution in [1.29, 1.82) is 0 Å². The molecule has 2 unspecified atom stereocenters. The minimum absolute atomic E-state index is 0.415. The van der Waals surface area contributed by atoms with Crippen molar-refractivity contribution in [3.63, 3.8) is 0 Å². The minimum Gasteiger partial charge on any atom is -0.381 e. The number of halogens is 1. The Morgan fingerprint density at radius 2 is 2.32 bits per heavy atom. The van der Waals surface area contributed by atoms with E-state index in [0.29, 0.717) is 12.0 Å². The van der Waals surface area contributed by atoms with Crippen molar-refractivity contribution >= 4 is 15.9 Å². The summed E-state index contributed by atoms with van der Waals surface area (Å²) in [6, 6.07) is 6.99. The molecule has 2 atom stereocenters. The third kappa shape index (κ3) is 4.04. The van der Waals surface area contributed by atoms with Gasteiger partial charge in [-0.25, -0.2) is 0 Å². The van der Waals surface area contributed by atoms with Crippen molar-refractivity contribution in [1.82, 2.24) is 5.32 Å². The van der Waals surface area contributed by atoms with Crippen LogP contribution in [0.2, 0.25) is 0 Å². The van der Waals surface area contributed by atoms with Gasteiger partial charge in [0.25, 0.3) is 0 Å². The van der Waals surface area contributed by atoms with Gasteiger partial charge in [0.1, 0.15) is 0 Å². The van der Waals surface area contributed by atoms with E-state index in [4.69, 9.17) is 4.74 Å². The van der Waals surface area contributed by atoms with Crippen LogP contribution in [0.15, 0.2) is 22.7 Å². The second-order valence-corrected chi connectivity index (χ2v) is 6.33. The van der Waals surface area contributed by atoms with E-state index in [1.54, 1.807) is 0 Å². The first-order valence-corrected chi connectivity index (χ1v) is 8.09. The summed E-state index contributed by atoms with van der Waals surface area (Å²) in [7, 11) is 0. The fourth-order valence-corrected chi connectivity index (χ4v) is 3.18. The SMILES string of the molecule is CCCNC(c1cc(Br)ccc1C)C1CCCOC1. The van der Waals surface area contributed by atoms with Gasteiger partial charge in [0.2, 0.25) is 0 Å². The summed E-state index contributed by atoms with van der Waals surface area (Å²) >= 11 is 3.60. The molecule has 106 valence electrons. The fraction of sp³-hybridized carbons (Fsp3) is 0.625. The Balaban J connectivity index is 2.22. The standard InChI is InChI=1S/C16H24BrNO/c1-3-8-18-16(13-5-4-9-19-11-13)15-10-14(17)7-6-12(15)2/h6-7,10,13,16,18H,3-5,8-9,11H2,1-2H3. The highest BCUT2D eigenvalue weighted by atomic mass is 79.9. The van der Waals surface area contributed by atoms with Crippen molar-refractivity contribution in [3.8, 4) is 0 Å². The molecule has 0 saturated carbocycles. The van der Waals surface area contributed by atoms with E-state index < -0.39 is 0 Å². The number of ether oxygens (including phenoxy) is 1. The molecule has 0 amide bonds. The summed E-state index contributed by atoms with van der Waals surface area (Å²) in [5.74, 6) is 0.591. The predicted molar refractivity (Wildman–Crippen MR) is 83.5 cm³/mol. The molecular formula is C16H24BrNO. The summed E-state index contributed by atoms with van der Waals surface area (Å²) < 4.78 is 6.84. The Hall–Kier alpha value is -0.380.